The number of hydrogen-bond donors (Lipinski definition) is 0. The average molecular weight is 295 g/mol. The molecule has 1 nitrogen and oxygen atoms in total. The zero-order valence-electron chi connectivity index (χ0n) is 8.65. The summed E-state index contributed by atoms with van der Waals surface area (Å²) in [5.41, 5.74) is 0. The molecular weight excluding hydrogens is 278 g/mol. The summed E-state index contributed by atoms with van der Waals surface area (Å²) in [6, 6.07) is 0. The summed E-state index contributed by atoms with van der Waals surface area (Å²) >= 11 is 22.8. The third-order valence-electron chi connectivity index (χ3n) is 2.21. The summed E-state index contributed by atoms with van der Waals surface area (Å²) in [5.74, 6) is 0. The first-order valence-corrected chi connectivity index (χ1v) is 6.84. The van der Waals surface area contributed by atoms with Crippen molar-refractivity contribution in [3.8, 4) is 0 Å². The Kier molecular flexibility index (Phi) is 9.87. The lowest BCUT2D eigenvalue weighted by atomic mass is 10.1. The zero-order valence-corrected chi connectivity index (χ0v) is 11.7. The van der Waals surface area contributed by atoms with Crippen LogP contribution in [0.2, 0.25) is 0 Å². The van der Waals surface area contributed by atoms with E-state index in [1.165, 1.54) is 0 Å². The van der Waals surface area contributed by atoms with Gasteiger partial charge in [-0.15, -0.1) is 11.6 Å². The molecule has 91 valence electrons. The van der Waals surface area contributed by atoms with Crippen LogP contribution in [0.15, 0.2) is 0 Å². The summed E-state index contributed by atoms with van der Waals surface area (Å²) in [7, 11) is 0. The molecular formula is C10H17Cl4O. The first-order valence-electron chi connectivity index (χ1n) is 5.27. The highest BCUT2D eigenvalue weighted by Crippen LogP contribution is 2.36. The number of alkyl halides is 4. The van der Waals surface area contributed by atoms with E-state index in [2.05, 4.69) is 0 Å². The van der Waals surface area contributed by atoms with E-state index in [1.807, 2.05) is 0 Å². The van der Waals surface area contributed by atoms with Gasteiger partial charge in [-0.05, 0) is 12.8 Å². The molecule has 0 N–H and O–H groups in total. The van der Waals surface area contributed by atoms with E-state index < -0.39 is 9.17 Å². The van der Waals surface area contributed by atoms with Crippen molar-refractivity contribution in [2.24, 2.45) is 0 Å². The standard InChI is InChI=1S/C10H17Cl4O/c11-9(10(12,13)14)7-5-3-1-2-4-6-8-15/h9H,1-8H2. The quantitative estimate of drug-likeness (QED) is 0.437. The molecule has 15 heavy (non-hydrogen) atoms. The van der Waals surface area contributed by atoms with Gasteiger partial charge in [-0.1, -0.05) is 66.9 Å². The van der Waals surface area contributed by atoms with Crippen LogP contribution >= 0.6 is 46.4 Å². The molecule has 1 unspecified atom stereocenters. The molecule has 0 amide bonds. The van der Waals surface area contributed by atoms with Crippen LogP contribution in [0.25, 0.3) is 0 Å². The highest BCUT2D eigenvalue weighted by Gasteiger charge is 2.29. The van der Waals surface area contributed by atoms with Gasteiger partial charge < -0.3 is 0 Å². The Morgan fingerprint density at radius 3 is 1.80 bits per heavy atom. The molecule has 0 saturated carbocycles. The van der Waals surface area contributed by atoms with Gasteiger partial charge in [0.05, 0.1) is 12.0 Å². The minimum absolute atomic E-state index is 0.0387. The molecule has 5 heteroatoms. The lowest BCUT2D eigenvalue weighted by Crippen LogP contribution is -2.19. The summed E-state index contributed by atoms with van der Waals surface area (Å²) in [6.07, 6.45) is 6.83. The molecule has 0 spiro atoms. The maximum absolute atomic E-state index is 10.2. The summed E-state index contributed by atoms with van der Waals surface area (Å²) in [5, 5.41) is 9.74. The second-order valence-corrected chi connectivity index (χ2v) is 6.52. The van der Waals surface area contributed by atoms with Crippen LogP contribution in [0, 0.1) is 0 Å². The van der Waals surface area contributed by atoms with E-state index in [4.69, 9.17) is 46.4 Å². The molecule has 0 aliphatic carbocycles. The number of unbranched alkanes of at least 4 members (excludes halogenated alkanes) is 5. The number of hydrogen-bond acceptors (Lipinski definition) is 0. The molecule has 0 aliphatic rings. The fourth-order valence-corrected chi connectivity index (χ4v) is 1.78. The third kappa shape index (κ3) is 10.0. The van der Waals surface area contributed by atoms with E-state index in [1.54, 1.807) is 0 Å². The fraction of sp³-hybridized carbons (Fsp3) is 1.00. The van der Waals surface area contributed by atoms with Crippen molar-refractivity contribution < 1.29 is 5.11 Å². The van der Waals surface area contributed by atoms with Crippen molar-refractivity contribution in [3.63, 3.8) is 0 Å². The summed E-state index contributed by atoms with van der Waals surface area (Å²) in [4.78, 5) is 0. The first-order chi connectivity index (χ1) is 6.98. The average Bonchev–Trinajstić information content (AvgIpc) is 2.14. The molecule has 0 aromatic carbocycles. The molecule has 0 fully saturated rings. The van der Waals surface area contributed by atoms with Crippen molar-refractivity contribution >= 4 is 46.4 Å². The predicted octanol–water partition coefficient (Wildman–Crippen LogP) is 5.13. The second-order valence-electron chi connectivity index (χ2n) is 3.62. The highest BCUT2D eigenvalue weighted by atomic mass is 35.6. The van der Waals surface area contributed by atoms with E-state index in [9.17, 15) is 5.11 Å². The maximum Gasteiger partial charge on any atom is 0.206 e. The Morgan fingerprint density at radius 2 is 1.33 bits per heavy atom. The van der Waals surface area contributed by atoms with Gasteiger partial charge in [0, 0.05) is 0 Å². The van der Waals surface area contributed by atoms with Gasteiger partial charge >= 0.3 is 0 Å². The van der Waals surface area contributed by atoms with E-state index in [0.717, 1.165) is 44.9 Å². The van der Waals surface area contributed by atoms with Crippen molar-refractivity contribution in [2.45, 2.75) is 54.1 Å². The Bertz CT molecular complexity index is 147. The van der Waals surface area contributed by atoms with Crippen LogP contribution < -0.4 is 0 Å². The largest absolute Gasteiger partial charge is 0.237 e. The zero-order chi connectivity index (χ0) is 11.7. The molecule has 1 radical (unpaired) electrons. The number of halogens is 4. The summed E-state index contributed by atoms with van der Waals surface area (Å²) in [6.45, 7) is 0.0387. The van der Waals surface area contributed by atoms with Gasteiger partial charge in [-0.25, -0.2) is 5.11 Å². The molecule has 0 heterocycles. The van der Waals surface area contributed by atoms with Gasteiger partial charge in [-0.3, -0.25) is 0 Å². The van der Waals surface area contributed by atoms with Crippen molar-refractivity contribution in [1.82, 2.24) is 0 Å². The Morgan fingerprint density at radius 1 is 0.867 bits per heavy atom. The van der Waals surface area contributed by atoms with E-state index in [0.29, 0.717) is 0 Å². The Hall–Kier alpha value is 1.12. The van der Waals surface area contributed by atoms with E-state index >= 15 is 0 Å². The molecule has 0 bridgehead atoms. The molecule has 0 aliphatic heterocycles. The Labute approximate surface area is 112 Å². The van der Waals surface area contributed by atoms with Gasteiger partial charge in [0.1, 0.15) is 0 Å². The molecule has 1 atom stereocenters. The lowest BCUT2D eigenvalue weighted by molar-refractivity contribution is 0.186. The van der Waals surface area contributed by atoms with Crippen LogP contribution in [0.4, 0.5) is 0 Å². The predicted molar refractivity (Wildman–Crippen MR) is 67.8 cm³/mol. The van der Waals surface area contributed by atoms with Crippen LogP contribution in [0.3, 0.4) is 0 Å². The second kappa shape index (κ2) is 9.18. The van der Waals surface area contributed by atoms with Gasteiger partial charge in [0.2, 0.25) is 3.79 Å². The van der Waals surface area contributed by atoms with E-state index in [-0.39, 0.29) is 6.61 Å². The smallest absolute Gasteiger partial charge is 0.206 e. The van der Waals surface area contributed by atoms with Crippen LogP contribution in [0.5, 0.6) is 0 Å². The maximum atomic E-state index is 10.2. The van der Waals surface area contributed by atoms with Crippen LogP contribution in [0.1, 0.15) is 44.9 Å². The molecule has 0 aromatic rings. The highest BCUT2D eigenvalue weighted by molar-refractivity contribution is 6.70. The van der Waals surface area contributed by atoms with Gasteiger partial charge in [0.15, 0.2) is 0 Å². The first kappa shape index (κ1) is 16.1. The van der Waals surface area contributed by atoms with Crippen LogP contribution in [-0.2, 0) is 5.11 Å². The number of rotatable bonds is 8. The topological polar surface area (TPSA) is 19.9 Å². The van der Waals surface area contributed by atoms with Gasteiger partial charge in [-0.2, -0.15) is 0 Å². The van der Waals surface area contributed by atoms with Gasteiger partial charge in [0.25, 0.3) is 0 Å². The molecule has 0 saturated heterocycles. The minimum atomic E-state index is -1.36. The van der Waals surface area contributed by atoms with Crippen molar-refractivity contribution in [2.75, 3.05) is 6.61 Å². The SMILES string of the molecule is [O]CCCCCCCCC(Cl)C(Cl)(Cl)Cl. The summed E-state index contributed by atoms with van der Waals surface area (Å²) < 4.78 is -1.36. The molecule has 0 rings (SSSR count). The Balaban J connectivity index is 3.24. The minimum Gasteiger partial charge on any atom is -0.237 e. The monoisotopic (exact) mass is 293 g/mol. The van der Waals surface area contributed by atoms with Crippen molar-refractivity contribution in [1.29, 1.82) is 0 Å². The third-order valence-corrected chi connectivity index (χ3v) is 3.88. The van der Waals surface area contributed by atoms with Crippen molar-refractivity contribution in [3.05, 3.63) is 0 Å². The molecule has 0 aromatic heterocycles. The van der Waals surface area contributed by atoms with Crippen LogP contribution in [-0.4, -0.2) is 15.8 Å². The lowest BCUT2D eigenvalue weighted by Gasteiger charge is -2.17. The fourth-order valence-electron chi connectivity index (χ4n) is 1.30. The normalized spacial score (nSPS) is 14.2.